The molecule has 0 unspecified atom stereocenters. The topological polar surface area (TPSA) is 156 Å². The highest BCUT2D eigenvalue weighted by Crippen LogP contribution is 2.37. The molecule has 16 heteroatoms. The number of aliphatic hydroxyl groups is 1. The Hall–Kier alpha value is -4.62. The maximum Gasteiger partial charge on any atom is 0.421 e. The van der Waals surface area contributed by atoms with E-state index >= 15 is 0 Å². The zero-order valence-electron chi connectivity index (χ0n) is 24.2. The monoisotopic (exact) mass is 630 g/mol. The van der Waals surface area contributed by atoms with Crippen LogP contribution in [0.2, 0.25) is 0 Å². The molecule has 4 N–H and O–H groups in total. The molecular weight excluding hydrogens is 600 g/mol. The second-order valence-corrected chi connectivity index (χ2v) is 11.0. The molecule has 0 saturated carbocycles. The summed E-state index contributed by atoms with van der Waals surface area (Å²) in [5.74, 6) is -1.10. The standard InChI is InChI=1S/C28H30F3N8O4P/c1-27(2,15-40)14-39-12-17(10-34-39)19-7-8-21(23(35-19)25(41)32-3)36-24-18(28(29,30)31)11-33-26(38-24)37-20-6-5-16(13-44-42)9-22(20)43-4/h5-12,40H,13-15H2,1-4H3,(H,32,41)(H2,33,36,37,38). The first-order valence-electron chi connectivity index (χ1n) is 13.2. The minimum absolute atomic E-state index is 0.0317. The van der Waals surface area contributed by atoms with Crippen molar-refractivity contribution in [3.8, 4) is 17.0 Å². The average molecular weight is 631 g/mol. The first-order valence-corrected chi connectivity index (χ1v) is 14.2. The van der Waals surface area contributed by atoms with E-state index in [9.17, 15) is 27.6 Å². The summed E-state index contributed by atoms with van der Waals surface area (Å²) >= 11 is 0. The third-order valence-electron chi connectivity index (χ3n) is 6.39. The van der Waals surface area contributed by atoms with Gasteiger partial charge in [-0.1, -0.05) is 19.9 Å². The predicted octanol–water partition coefficient (Wildman–Crippen LogP) is 5.42. The van der Waals surface area contributed by atoms with Gasteiger partial charge in [-0.15, -0.1) is 0 Å². The fourth-order valence-electron chi connectivity index (χ4n) is 4.09. The number of nitrogens with one attached hydrogen (secondary N) is 3. The number of alkyl halides is 3. The lowest BCUT2D eigenvalue weighted by atomic mass is 9.95. The highest BCUT2D eigenvalue weighted by molar-refractivity contribution is 7.22. The number of ether oxygens (including phenoxy) is 1. The number of hydrogen-bond acceptors (Lipinski definition) is 10. The highest BCUT2D eigenvalue weighted by atomic mass is 31.1. The van der Waals surface area contributed by atoms with Crippen molar-refractivity contribution in [2.24, 2.45) is 5.41 Å². The number of amides is 1. The second-order valence-electron chi connectivity index (χ2n) is 10.4. The van der Waals surface area contributed by atoms with E-state index in [1.807, 2.05) is 13.8 Å². The summed E-state index contributed by atoms with van der Waals surface area (Å²) in [6, 6.07) is 7.88. The van der Waals surface area contributed by atoms with Crippen molar-refractivity contribution >= 4 is 37.5 Å². The number of halogens is 3. The molecule has 12 nitrogen and oxygen atoms in total. The van der Waals surface area contributed by atoms with Gasteiger partial charge in [0.2, 0.25) is 5.95 Å². The van der Waals surface area contributed by atoms with Gasteiger partial charge < -0.3 is 25.8 Å². The molecule has 44 heavy (non-hydrogen) atoms. The molecule has 3 heterocycles. The molecular formula is C28H30F3N8O4P. The maximum atomic E-state index is 14.0. The Bertz CT molecular complexity index is 1660. The van der Waals surface area contributed by atoms with Crippen molar-refractivity contribution in [3.05, 3.63) is 65.7 Å². The van der Waals surface area contributed by atoms with Crippen LogP contribution in [0.3, 0.4) is 0 Å². The quantitative estimate of drug-likeness (QED) is 0.149. The molecule has 0 aliphatic rings. The fraction of sp³-hybridized carbons (Fsp3) is 0.321. The Morgan fingerprint density at radius 2 is 1.84 bits per heavy atom. The Balaban J connectivity index is 1.70. The van der Waals surface area contributed by atoms with Crippen molar-refractivity contribution in [2.45, 2.75) is 32.7 Å². The third kappa shape index (κ3) is 7.66. The minimum atomic E-state index is -4.82. The van der Waals surface area contributed by atoms with Crippen LogP contribution in [0.5, 0.6) is 5.75 Å². The van der Waals surface area contributed by atoms with Gasteiger partial charge in [-0.3, -0.25) is 14.0 Å². The number of carbonyl (C=O) groups excluding carboxylic acids is 1. The number of benzene rings is 1. The zero-order valence-corrected chi connectivity index (χ0v) is 25.1. The molecule has 232 valence electrons. The normalized spacial score (nSPS) is 11.8. The number of aliphatic hydroxyl groups excluding tert-OH is 1. The van der Waals surface area contributed by atoms with Crippen LogP contribution in [0.1, 0.15) is 35.5 Å². The summed E-state index contributed by atoms with van der Waals surface area (Å²) in [5, 5.41) is 21.8. The molecule has 0 bridgehead atoms. The average Bonchev–Trinajstić information content (AvgIpc) is 3.45. The largest absolute Gasteiger partial charge is 0.495 e. The molecule has 0 saturated heterocycles. The third-order valence-corrected chi connectivity index (χ3v) is 6.89. The van der Waals surface area contributed by atoms with Gasteiger partial charge in [0.1, 0.15) is 17.1 Å². The van der Waals surface area contributed by atoms with Crippen molar-refractivity contribution in [1.29, 1.82) is 0 Å². The van der Waals surface area contributed by atoms with E-state index in [2.05, 4.69) is 36.0 Å². The molecule has 0 fully saturated rings. The summed E-state index contributed by atoms with van der Waals surface area (Å²) < 4.78 is 59.9. The summed E-state index contributed by atoms with van der Waals surface area (Å²) in [7, 11) is 2.71. The summed E-state index contributed by atoms with van der Waals surface area (Å²) in [6.07, 6.45) is -0.701. The van der Waals surface area contributed by atoms with Gasteiger partial charge in [-0.25, -0.2) is 9.97 Å². The number of anilines is 4. The van der Waals surface area contributed by atoms with Crippen molar-refractivity contribution in [2.75, 3.05) is 31.4 Å². The molecule has 4 aromatic rings. The highest BCUT2D eigenvalue weighted by Gasteiger charge is 2.36. The number of carbonyl (C=O) groups is 1. The second kappa shape index (κ2) is 13.3. The van der Waals surface area contributed by atoms with Crippen molar-refractivity contribution in [1.82, 2.24) is 30.0 Å². The van der Waals surface area contributed by atoms with Gasteiger partial charge in [0.25, 0.3) is 5.91 Å². The number of methoxy groups -OCH3 is 1. The Labute approximate surface area is 252 Å². The molecule has 0 atom stereocenters. The van der Waals surface area contributed by atoms with E-state index in [-0.39, 0.29) is 38.6 Å². The summed E-state index contributed by atoms with van der Waals surface area (Å²) in [5.41, 5.74) is 0.207. The van der Waals surface area contributed by atoms with E-state index < -0.39 is 28.9 Å². The Morgan fingerprint density at radius 1 is 1.09 bits per heavy atom. The lowest BCUT2D eigenvalue weighted by Gasteiger charge is -2.20. The van der Waals surface area contributed by atoms with Gasteiger partial charge in [0.05, 0.1) is 36.5 Å². The van der Waals surface area contributed by atoms with E-state index in [1.54, 1.807) is 35.3 Å². The fourth-order valence-corrected chi connectivity index (χ4v) is 4.43. The molecule has 1 aromatic carbocycles. The number of pyridine rings is 1. The maximum absolute atomic E-state index is 14.0. The molecule has 0 spiro atoms. The van der Waals surface area contributed by atoms with Gasteiger partial charge in [0, 0.05) is 43.6 Å². The predicted molar refractivity (Wildman–Crippen MR) is 158 cm³/mol. The minimum Gasteiger partial charge on any atom is -0.495 e. The molecule has 1 amide bonds. The molecule has 4 rings (SSSR count). The summed E-state index contributed by atoms with van der Waals surface area (Å²) in [6.45, 7) is 4.13. The van der Waals surface area contributed by atoms with E-state index in [0.717, 1.165) is 5.56 Å². The van der Waals surface area contributed by atoms with Crippen LogP contribution in [-0.4, -0.2) is 56.5 Å². The van der Waals surface area contributed by atoms with E-state index in [0.29, 0.717) is 35.4 Å². The molecule has 0 aliphatic carbocycles. The van der Waals surface area contributed by atoms with Gasteiger partial charge in [0.15, 0.2) is 14.2 Å². The van der Waals surface area contributed by atoms with Crippen LogP contribution in [0.25, 0.3) is 11.3 Å². The first-order chi connectivity index (χ1) is 20.9. The summed E-state index contributed by atoms with van der Waals surface area (Å²) in [4.78, 5) is 25.1. The van der Waals surface area contributed by atoms with Crippen LogP contribution >= 0.6 is 8.46 Å². The first kappa shape index (κ1) is 32.3. The van der Waals surface area contributed by atoms with Gasteiger partial charge in [-0.2, -0.15) is 23.3 Å². The van der Waals surface area contributed by atoms with Crippen LogP contribution in [0.15, 0.2) is 48.9 Å². The van der Waals surface area contributed by atoms with Gasteiger partial charge in [-0.05, 0) is 29.8 Å². The smallest absolute Gasteiger partial charge is 0.421 e. The number of aromatic nitrogens is 5. The Kier molecular flexibility index (Phi) is 9.80. The molecule has 3 aromatic heterocycles. The molecule has 0 aliphatic heterocycles. The van der Waals surface area contributed by atoms with E-state index in [4.69, 9.17) is 4.74 Å². The van der Waals surface area contributed by atoms with Crippen LogP contribution in [-0.2, 0) is 23.4 Å². The van der Waals surface area contributed by atoms with Gasteiger partial charge >= 0.3 is 6.18 Å². The van der Waals surface area contributed by atoms with Crippen LogP contribution in [0, 0.1) is 5.41 Å². The van der Waals surface area contributed by atoms with Crippen LogP contribution in [0.4, 0.5) is 36.3 Å². The number of rotatable bonds is 12. The van der Waals surface area contributed by atoms with E-state index in [1.165, 1.54) is 26.3 Å². The lowest BCUT2D eigenvalue weighted by Crippen LogP contribution is -2.23. The number of nitrogens with zero attached hydrogens (tertiary/aromatic N) is 5. The van der Waals surface area contributed by atoms with Crippen molar-refractivity contribution < 1.29 is 32.4 Å². The SMILES string of the molecule is CNC(=O)c1nc(-c2cnn(CC(C)(C)CO)c2)ccc1Nc1nc(Nc2ccc(CP=O)cc2OC)ncc1C(F)(F)F. The lowest BCUT2D eigenvalue weighted by molar-refractivity contribution is -0.137. The zero-order chi connectivity index (χ0) is 32.1. The number of hydrogen-bond donors (Lipinski definition) is 4. The molecule has 0 radical (unpaired) electrons. The van der Waals surface area contributed by atoms with Crippen molar-refractivity contribution in [3.63, 3.8) is 0 Å². The Morgan fingerprint density at radius 3 is 2.50 bits per heavy atom. The van der Waals surface area contributed by atoms with Crippen LogP contribution < -0.4 is 20.7 Å².